The third kappa shape index (κ3) is 4.29. The Bertz CT molecular complexity index is 428. The number of nitrogens with zero attached hydrogens (tertiary/aromatic N) is 1. The Morgan fingerprint density at radius 1 is 1.33 bits per heavy atom. The predicted octanol–water partition coefficient (Wildman–Crippen LogP) is 2.22. The molecule has 0 spiro atoms. The number of hydrogen-bond acceptors (Lipinski definition) is 3. The van der Waals surface area contributed by atoms with Crippen LogP contribution in [0.2, 0.25) is 0 Å². The first kappa shape index (κ1) is 16.0. The number of likely N-dealkylation sites (tertiary alicyclic amines) is 1. The first-order valence-electron chi connectivity index (χ1n) is 7.77. The summed E-state index contributed by atoms with van der Waals surface area (Å²) in [7, 11) is 3.59. The van der Waals surface area contributed by atoms with Gasteiger partial charge in [0.25, 0.3) is 5.91 Å². The van der Waals surface area contributed by atoms with E-state index >= 15 is 0 Å². The minimum atomic E-state index is -0.472. The van der Waals surface area contributed by atoms with Gasteiger partial charge >= 0.3 is 0 Å². The van der Waals surface area contributed by atoms with Crippen molar-refractivity contribution in [2.75, 3.05) is 33.8 Å². The van der Waals surface area contributed by atoms with Gasteiger partial charge in [-0.15, -0.1) is 0 Å². The molecule has 2 rings (SSSR count). The van der Waals surface area contributed by atoms with Gasteiger partial charge in [-0.1, -0.05) is 30.3 Å². The molecule has 4 nitrogen and oxygen atoms in total. The van der Waals surface area contributed by atoms with Gasteiger partial charge in [0.1, 0.15) is 0 Å². The standard InChI is InChI=1S/C17H26N2O2/c1-18-11-8-14-9-12-19(13-10-14)17(20)16(21-2)15-6-4-3-5-7-15/h3-7,14,16,18H,8-13H2,1-2H3. The molecule has 1 aromatic rings. The lowest BCUT2D eigenvalue weighted by Crippen LogP contribution is -2.41. The molecular weight excluding hydrogens is 264 g/mol. The van der Waals surface area contributed by atoms with Crippen molar-refractivity contribution in [1.29, 1.82) is 0 Å². The number of carbonyl (C=O) groups is 1. The molecule has 0 aliphatic carbocycles. The van der Waals surface area contributed by atoms with E-state index in [1.54, 1.807) is 7.11 Å². The van der Waals surface area contributed by atoms with Gasteiger partial charge in [0, 0.05) is 20.2 Å². The van der Waals surface area contributed by atoms with E-state index in [0.717, 1.165) is 44.0 Å². The highest BCUT2D eigenvalue weighted by atomic mass is 16.5. The lowest BCUT2D eigenvalue weighted by molar-refractivity contribution is -0.143. The minimum absolute atomic E-state index is 0.0933. The van der Waals surface area contributed by atoms with Crippen LogP contribution < -0.4 is 5.32 Å². The van der Waals surface area contributed by atoms with Gasteiger partial charge in [-0.25, -0.2) is 0 Å². The van der Waals surface area contributed by atoms with Crippen LogP contribution in [0.15, 0.2) is 30.3 Å². The summed E-state index contributed by atoms with van der Waals surface area (Å²) >= 11 is 0. The van der Waals surface area contributed by atoms with Gasteiger partial charge in [-0.3, -0.25) is 4.79 Å². The molecule has 0 bridgehead atoms. The largest absolute Gasteiger partial charge is 0.367 e. The van der Waals surface area contributed by atoms with Crippen molar-refractivity contribution >= 4 is 5.91 Å². The zero-order chi connectivity index (χ0) is 15.1. The molecule has 1 saturated heterocycles. The molecule has 1 fully saturated rings. The molecule has 0 saturated carbocycles. The molecule has 1 amide bonds. The third-order valence-electron chi connectivity index (χ3n) is 4.29. The first-order chi connectivity index (χ1) is 10.3. The number of methoxy groups -OCH3 is 1. The van der Waals surface area contributed by atoms with Crippen LogP contribution in [0.3, 0.4) is 0 Å². The number of nitrogens with one attached hydrogen (secondary N) is 1. The SMILES string of the molecule is CNCCC1CCN(C(=O)C(OC)c2ccccc2)CC1. The molecule has 0 aromatic heterocycles. The normalized spacial score (nSPS) is 17.7. The maximum absolute atomic E-state index is 12.6. The van der Waals surface area contributed by atoms with Crippen LogP contribution in [0, 0.1) is 5.92 Å². The average Bonchev–Trinajstić information content (AvgIpc) is 2.55. The molecule has 116 valence electrons. The van der Waals surface area contributed by atoms with Crippen molar-refractivity contribution in [1.82, 2.24) is 10.2 Å². The van der Waals surface area contributed by atoms with Crippen LogP contribution in [0.4, 0.5) is 0 Å². The second-order valence-corrected chi connectivity index (χ2v) is 5.69. The number of piperidine rings is 1. The number of rotatable bonds is 6. The second-order valence-electron chi connectivity index (χ2n) is 5.69. The van der Waals surface area contributed by atoms with Crippen LogP contribution >= 0.6 is 0 Å². The number of hydrogen-bond donors (Lipinski definition) is 1. The van der Waals surface area contributed by atoms with Crippen molar-refractivity contribution in [3.8, 4) is 0 Å². The van der Waals surface area contributed by atoms with E-state index in [0.29, 0.717) is 0 Å². The van der Waals surface area contributed by atoms with E-state index in [4.69, 9.17) is 4.74 Å². The van der Waals surface area contributed by atoms with E-state index in [1.165, 1.54) is 6.42 Å². The molecule has 1 heterocycles. The number of carbonyl (C=O) groups excluding carboxylic acids is 1. The maximum Gasteiger partial charge on any atom is 0.256 e. The molecular formula is C17H26N2O2. The van der Waals surface area contributed by atoms with Gasteiger partial charge in [0.15, 0.2) is 6.10 Å². The highest BCUT2D eigenvalue weighted by Gasteiger charge is 2.28. The molecule has 1 unspecified atom stereocenters. The van der Waals surface area contributed by atoms with Crippen LogP contribution in [-0.2, 0) is 9.53 Å². The van der Waals surface area contributed by atoms with E-state index < -0.39 is 6.10 Å². The smallest absolute Gasteiger partial charge is 0.256 e. The summed E-state index contributed by atoms with van der Waals surface area (Å²) in [5.41, 5.74) is 0.933. The van der Waals surface area contributed by atoms with Crippen LogP contribution in [0.25, 0.3) is 0 Å². The number of ether oxygens (including phenoxy) is 1. The highest BCUT2D eigenvalue weighted by molar-refractivity contribution is 5.82. The quantitative estimate of drug-likeness (QED) is 0.873. The topological polar surface area (TPSA) is 41.6 Å². The van der Waals surface area contributed by atoms with Gasteiger partial charge in [-0.2, -0.15) is 0 Å². The molecule has 1 aliphatic rings. The summed E-state index contributed by atoms with van der Waals surface area (Å²) in [6.07, 6.45) is 2.92. The van der Waals surface area contributed by atoms with Gasteiger partial charge < -0.3 is 15.0 Å². The van der Waals surface area contributed by atoms with Gasteiger partial charge in [0.2, 0.25) is 0 Å². The second kappa shape index (κ2) is 8.15. The molecule has 1 atom stereocenters. The molecule has 1 aromatic carbocycles. The first-order valence-corrected chi connectivity index (χ1v) is 7.77. The number of benzene rings is 1. The fraction of sp³-hybridized carbons (Fsp3) is 0.588. The minimum Gasteiger partial charge on any atom is -0.367 e. The van der Waals surface area contributed by atoms with E-state index in [2.05, 4.69) is 5.32 Å². The molecule has 4 heteroatoms. The summed E-state index contributed by atoms with van der Waals surface area (Å²) in [5.74, 6) is 0.829. The van der Waals surface area contributed by atoms with E-state index in [1.807, 2.05) is 42.3 Å². The van der Waals surface area contributed by atoms with E-state index in [9.17, 15) is 4.79 Å². The summed E-state index contributed by atoms with van der Waals surface area (Å²) in [6.45, 7) is 2.75. The highest BCUT2D eigenvalue weighted by Crippen LogP contribution is 2.25. The average molecular weight is 290 g/mol. The third-order valence-corrected chi connectivity index (χ3v) is 4.29. The van der Waals surface area contributed by atoms with Gasteiger partial charge in [0.05, 0.1) is 0 Å². The predicted molar refractivity (Wildman–Crippen MR) is 84.0 cm³/mol. The van der Waals surface area contributed by atoms with Crippen molar-refractivity contribution in [2.24, 2.45) is 5.92 Å². The van der Waals surface area contributed by atoms with Gasteiger partial charge in [-0.05, 0) is 44.3 Å². The number of amides is 1. The van der Waals surface area contributed by atoms with Crippen molar-refractivity contribution in [2.45, 2.75) is 25.4 Å². The maximum atomic E-state index is 12.6. The van der Waals surface area contributed by atoms with Crippen molar-refractivity contribution < 1.29 is 9.53 Å². The van der Waals surface area contributed by atoms with Crippen molar-refractivity contribution in [3.05, 3.63) is 35.9 Å². The van der Waals surface area contributed by atoms with Crippen LogP contribution in [-0.4, -0.2) is 44.6 Å². The molecule has 21 heavy (non-hydrogen) atoms. The van der Waals surface area contributed by atoms with Crippen LogP contribution in [0.5, 0.6) is 0 Å². The summed E-state index contributed by atoms with van der Waals surface area (Å²) in [4.78, 5) is 14.6. The van der Waals surface area contributed by atoms with Crippen LogP contribution in [0.1, 0.15) is 30.9 Å². The Balaban J connectivity index is 1.91. The Hall–Kier alpha value is -1.39. The Morgan fingerprint density at radius 3 is 2.57 bits per heavy atom. The molecule has 1 aliphatic heterocycles. The van der Waals surface area contributed by atoms with E-state index in [-0.39, 0.29) is 5.91 Å². The zero-order valence-corrected chi connectivity index (χ0v) is 13.0. The fourth-order valence-corrected chi connectivity index (χ4v) is 2.96. The molecule has 0 radical (unpaired) electrons. The zero-order valence-electron chi connectivity index (χ0n) is 13.0. The summed E-state index contributed by atoms with van der Waals surface area (Å²) in [6, 6.07) is 9.74. The fourth-order valence-electron chi connectivity index (χ4n) is 2.96. The summed E-state index contributed by atoms with van der Waals surface area (Å²) in [5, 5.41) is 3.20. The lowest BCUT2D eigenvalue weighted by atomic mass is 9.93. The Labute approximate surface area is 127 Å². The lowest BCUT2D eigenvalue weighted by Gasteiger charge is -2.34. The Morgan fingerprint density at radius 2 is 2.00 bits per heavy atom. The monoisotopic (exact) mass is 290 g/mol. The molecule has 1 N–H and O–H groups in total. The van der Waals surface area contributed by atoms with Crippen molar-refractivity contribution in [3.63, 3.8) is 0 Å². The summed E-state index contributed by atoms with van der Waals surface area (Å²) < 4.78 is 5.44. The Kier molecular flexibility index (Phi) is 6.21.